The largest absolute Gasteiger partial charge is 0.479 e. The predicted molar refractivity (Wildman–Crippen MR) is 84.2 cm³/mol. The van der Waals surface area contributed by atoms with Crippen molar-refractivity contribution in [2.24, 2.45) is 0 Å². The summed E-state index contributed by atoms with van der Waals surface area (Å²) in [5.74, 6) is 0.498. The van der Waals surface area contributed by atoms with Crippen molar-refractivity contribution in [1.82, 2.24) is 9.55 Å². The second kappa shape index (κ2) is 5.69. The number of aromatic nitrogens is 2. The third-order valence-corrected chi connectivity index (χ3v) is 4.65. The average molecular weight is 335 g/mol. The molecule has 1 aliphatic rings. The lowest BCUT2D eigenvalue weighted by molar-refractivity contribution is -0.125. The van der Waals surface area contributed by atoms with E-state index in [1.54, 1.807) is 18.0 Å². The minimum absolute atomic E-state index is 0.000424. The van der Waals surface area contributed by atoms with Gasteiger partial charge in [0.1, 0.15) is 5.75 Å². The Hall–Kier alpha value is -2.35. The topological polar surface area (TPSA) is 81.5 Å². The molecule has 0 aliphatic carbocycles. The summed E-state index contributed by atoms with van der Waals surface area (Å²) in [4.78, 5) is 17.9. The first-order chi connectivity index (χ1) is 10.9. The van der Waals surface area contributed by atoms with Gasteiger partial charge in [0.15, 0.2) is 6.10 Å². The molecule has 122 valence electrons. The molecule has 2 aromatic rings. The molecular weight excluding hydrogens is 318 g/mol. The fourth-order valence-corrected chi connectivity index (χ4v) is 3.42. The van der Waals surface area contributed by atoms with E-state index in [4.69, 9.17) is 4.74 Å². The fourth-order valence-electron chi connectivity index (χ4n) is 2.59. The zero-order valence-electron chi connectivity index (χ0n) is 12.8. The van der Waals surface area contributed by atoms with E-state index in [2.05, 4.69) is 4.98 Å². The highest BCUT2D eigenvalue weighted by atomic mass is 32.2. The molecule has 2 heterocycles. The molecular formula is C15H17N3O4S. The lowest BCUT2D eigenvalue weighted by Gasteiger charge is -2.33. The number of benzene rings is 1. The van der Waals surface area contributed by atoms with Gasteiger partial charge in [0.2, 0.25) is 15.0 Å². The van der Waals surface area contributed by atoms with Crippen molar-refractivity contribution in [3.63, 3.8) is 0 Å². The first kappa shape index (κ1) is 15.5. The highest BCUT2D eigenvalue weighted by Gasteiger charge is 2.31. The number of anilines is 1. The number of rotatable bonds is 4. The standard InChI is InChI=1S/C15H17N3O4S/c1-11-14(19)18(12-5-3-4-6-13(12)22-11)10-9-17-8-7-16-15(17)23(2,20)21/h3-8,11H,9-10H2,1-2H3/t11-/m0/s1. The molecule has 1 amide bonds. The molecule has 1 aromatic heterocycles. The summed E-state index contributed by atoms with van der Waals surface area (Å²) in [7, 11) is -3.40. The molecule has 0 unspecified atom stereocenters. The molecule has 8 heteroatoms. The fraction of sp³-hybridized carbons (Fsp3) is 0.333. The molecule has 1 aromatic carbocycles. The Morgan fingerprint density at radius 3 is 2.74 bits per heavy atom. The molecule has 0 bridgehead atoms. The molecule has 7 nitrogen and oxygen atoms in total. The third-order valence-electron chi connectivity index (χ3n) is 3.65. The molecule has 1 atom stereocenters. The molecule has 0 saturated heterocycles. The Bertz CT molecular complexity index is 844. The van der Waals surface area contributed by atoms with Crippen molar-refractivity contribution >= 4 is 21.4 Å². The summed E-state index contributed by atoms with van der Waals surface area (Å²) < 4.78 is 30.5. The van der Waals surface area contributed by atoms with Crippen LogP contribution in [0.15, 0.2) is 41.8 Å². The highest BCUT2D eigenvalue weighted by molar-refractivity contribution is 7.90. The first-order valence-corrected chi connectivity index (χ1v) is 9.05. The second-order valence-corrected chi connectivity index (χ2v) is 7.30. The number of nitrogens with zero attached hydrogens (tertiary/aromatic N) is 3. The number of hydrogen-bond acceptors (Lipinski definition) is 5. The van der Waals surface area contributed by atoms with Crippen molar-refractivity contribution in [2.45, 2.75) is 24.7 Å². The first-order valence-electron chi connectivity index (χ1n) is 7.16. The van der Waals surface area contributed by atoms with Crippen LogP contribution >= 0.6 is 0 Å². The smallest absolute Gasteiger partial charge is 0.267 e. The van der Waals surface area contributed by atoms with Gasteiger partial charge in [-0.05, 0) is 19.1 Å². The zero-order chi connectivity index (χ0) is 16.6. The average Bonchev–Trinajstić information content (AvgIpc) is 2.96. The number of hydrogen-bond donors (Lipinski definition) is 0. The van der Waals surface area contributed by atoms with E-state index < -0.39 is 15.9 Å². The van der Waals surface area contributed by atoms with Gasteiger partial charge in [-0.15, -0.1) is 0 Å². The van der Waals surface area contributed by atoms with Crippen LogP contribution in [-0.2, 0) is 21.2 Å². The molecule has 0 N–H and O–H groups in total. The van der Waals surface area contributed by atoms with Crippen LogP contribution in [0.25, 0.3) is 0 Å². The van der Waals surface area contributed by atoms with Crippen molar-refractivity contribution in [2.75, 3.05) is 17.7 Å². The Balaban J connectivity index is 1.86. The molecule has 0 spiro atoms. The Morgan fingerprint density at radius 2 is 2.00 bits per heavy atom. The monoisotopic (exact) mass is 335 g/mol. The summed E-state index contributed by atoms with van der Waals surface area (Å²) in [6.45, 7) is 2.36. The second-order valence-electron chi connectivity index (χ2n) is 5.39. The van der Waals surface area contributed by atoms with Gasteiger partial charge in [-0.1, -0.05) is 12.1 Å². The molecule has 0 fully saturated rings. The minimum atomic E-state index is -3.40. The molecule has 23 heavy (non-hydrogen) atoms. The van der Waals surface area contributed by atoms with Gasteiger partial charge in [-0.3, -0.25) is 4.79 Å². The number of ether oxygens (including phenoxy) is 1. The number of sulfone groups is 1. The van der Waals surface area contributed by atoms with E-state index in [9.17, 15) is 13.2 Å². The molecule has 1 aliphatic heterocycles. The highest BCUT2D eigenvalue weighted by Crippen LogP contribution is 2.33. The van der Waals surface area contributed by atoms with Gasteiger partial charge >= 0.3 is 0 Å². The van der Waals surface area contributed by atoms with Gasteiger partial charge < -0.3 is 14.2 Å². The number of amides is 1. The quantitative estimate of drug-likeness (QED) is 0.836. The number of para-hydroxylation sites is 2. The molecule has 0 saturated carbocycles. The maximum Gasteiger partial charge on any atom is 0.267 e. The van der Waals surface area contributed by atoms with Crippen LogP contribution in [-0.4, -0.2) is 42.8 Å². The molecule has 3 rings (SSSR count). The molecule has 0 radical (unpaired) electrons. The Morgan fingerprint density at radius 1 is 1.26 bits per heavy atom. The Labute approximate surface area is 134 Å². The summed E-state index contributed by atoms with van der Waals surface area (Å²) in [5, 5.41) is -0.000424. The van der Waals surface area contributed by atoms with Crippen molar-refractivity contribution in [1.29, 1.82) is 0 Å². The van der Waals surface area contributed by atoms with Crippen molar-refractivity contribution in [3.8, 4) is 5.75 Å². The Kier molecular flexibility index (Phi) is 3.85. The van der Waals surface area contributed by atoms with Crippen LogP contribution < -0.4 is 9.64 Å². The lowest BCUT2D eigenvalue weighted by atomic mass is 10.2. The van der Waals surface area contributed by atoms with Crippen LogP contribution in [0.5, 0.6) is 5.75 Å². The summed E-state index contributed by atoms with van der Waals surface area (Å²) in [6.07, 6.45) is 3.58. The number of carbonyl (C=O) groups is 1. The maximum atomic E-state index is 12.4. The number of carbonyl (C=O) groups excluding carboxylic acids is 1. The van der Waals surface area contributed by atoms with Crippen molar-refractivity contribution in [3.05, 3.63) is 36.7 Å². The number of imidazole rings is 1. The van der Waals surface area contributed by atoms with Gasteiger partial charge in [0, 0.05) is 31.7 Å². The van der Waals surface area contributed by atoms with E-state index in [1.165, 1.54) is 10.8 Å². The van der Waals surface area contributed by atoms with Crippen LogP contribution in [0, 0.1) is 0 Å². The maximum absolute atomic E-state index is 12.4. The van der Waals surface area contributed by atoms with E-state index in [0.29, 0.717) is 24.5 Å². The van der Waals surface area contributed by atoms with Gasteiger partial charge in [0.25, 0.3) is 5.91 Å². The predicted octanol–water partition coefficient (Wildman–Crippen LogP) is 1.10. The van der Waals surface area contributed by atoms with Gasteiger partial charge in [-0.2, -0.15) is 0 Å². The number of fused-ring (bicyclic) bond motifs is 1. The van der Waals surface area contributed by atoms with E-state index >= 15 is 0 Å². The van der Waals surface area contributed by atoms with E-state index in [1.807, 2.05) is 24.3 Å². The SMILES string of the molecule is C[C@@H]1Oc2ccccc2N(CCn2ccnc2S(C)(=O)=O)C1=O. The zero-order valence-corrected chi connectivity index (χ0v) is 13.7. The van der Waals surface area contributed by atoms with Gasteiger partial charge in [-0.25, -0.2) is 13.4 Å². The van der Waals surface area contributed by atoms with Crippen LogP contribution in [0.2, 0.25) is 0 Å². The summed E-state index contributed by atoms with van der Waals surface area (Å²) in [5.41, 5.74) is 0.691. The van der Waals surface area contributed by atoms with E-state index in [0.717, 1.165) is 6.26 Å². The third kappa shape index (κ3) is 2.94. The summed E-state index contributed by atoms with van der Waals surface area (Å²) >= 11 is 0. The normalized spacial score (nSPS) is 17.7. The van der Waals surface area contributed by atoms with E-state index in [-0.39, 0.29) is 11.1 Å². The van der Waals surface area contributed by atoms with Crippen LogP contribution in [0.1, 0.15) is 6.92 Å². The minimum Gasteiger partial charge on any atom is -0.479 e. The van der Waals surface area contributed by atoms with Crippen molar-refractivity contribution < 1.29 is 17.9 Å². The lowest BCUT2D eigenvalue weighted by Crippen LogP contribution is -2.45. The van der Waals surface area contributed by atoms with Crippen LogP contribution in [0.3, 0.4) is 0 Å². The summed E-state index contributed by atoms with van der Waals surface area (Å²) in [6, 6.07) is 7.30. The van der Waals surface area contributed by atoms with Crippen LogP contribution in [0.4, 0.5) is 5.69 Å². The van der Waals surface area contributed by atoms with Gasteiger partial charge in [0.05, 0.1) is 5.69 Å².